The molecule has 0 N–H and O–H groups in total. The van der Waals surface area contributed by atoms with Crippen LogP contribution in [0.1, 0.15) is 20.9 Å². The summed E-state index contributed by atoms with van der Waals surface area (Å²) in [7, 11) is 0. The third-order valence-corrected chi connectivity index (χ3v) is 2.84. The lowest BCUT2D eigenvalue weighted by molar-refractivity contribution is 0.112. The van der Waals surface area contributed by atoms with Gasteiger partial charge in [-0.2, -0.15) is 0 Å². The number of carbonyl (C=O) groups excluding carboxylic acids is 1. The van der Waals surface area contributed by atoms with Crippen LogP contribution in [0.3, 0.4) is 0 Å². The Morgan fingerprint density at radius 1 is 1.47 bits per heavy atom. The fraction of sp³-hybridized carbons (Fsp3) is 0.0909. The van der Waals surface area contributed by atoms with Gasteiger partial charge >= 0.3 is 0 Å². The van der Waals surface area contributed by atoms with Gasteiger partial charge in [-0.05, 0) is 23.8 Å². The summed E-state index contributed by atoms with van der Waals surface area (Å²) >= 11 is 1.49. The minimum atomic E-state index is -0.327. The van der Waals surface area contributed by atoms with Gasteiger partial charge in [0, 0.05) is 23.6 Å². The van der Waals surface area contributed by atoms with Crippen LogP contribution in [-0.2, 0) is 6.42 Å². The molecular formula is C11H8FNOS. The number of benzene rings is 1. The summed E-state index contributed by atoms with van der Waals surface area (Å²) < 4.78 is 13.0. The molecule has 0 radical (unpaired) electrons. The number of hydrogen-bond acceptors (Lipinski definition) is 3. The summed E-state index contributed by atoms with van der Waals surface area (Å²) in [6.07, 6.45) is 2.94. The van der Waals surface area contributed by atoms with E-state index >= 15 is 0 Å². The van der Waals surface area contributed by atoms with Gasteiger partial charge in [0.1, 0.15) is 12.1 Å². The molecule has 2 rings (SSSR count). The molecule has 0 bridgehead atoms. The van der Waals surface area contributed by atoms with Crippen LogP contribution in [0.4, 0.5) is 4.39 Å². The number of carbonyl (C=O) groups is 1. The highest BCUT2D eigenvalue weighted by molar-refractivity contribution is 7.09. The Morgan fingerprint density at radius 3 is 3.00 bits per heavy atom. The summed E-state index contributed by atoms with van der Waals surface area (Å²) in [5.74, 6) is -0.327. The second-order valence-corrected chi connectivity index (χ2v) is 4.04. The first-order valence-electron chi connectivity index (χ1n) is 4.41. The van der Waals surface area contributed by atoms with Gasteiger partial charge in [0.25, 0.3) is 0 Å². The molecule has 0 fully saturated rings. The fourth-order valence-corrected chi connectivity index (χ4v) is 1.98. The number of thiazole rings is 1. The number of aldehydes is 1. The fourth-order valence-electron chi connectivity index (χ4n) is 1.35. The van der Waals surface area contributed by atoms with Crippen molar-refractivity contribution in [3.8, 4) is 0 Å². The molecule has 1 aromatic heterocycles. The van der Waals surface area contributed by atoms with E-state index in [2.05, 4.69) is 4.98 Å². The van der Waals surface area contributed by atoms with E-state index in [-0.39, 0.29) is 5.82 Å². The molecule has 0 aliphatic rings. The van der Waals surface area contributed by atoms with Crippen molar-refractivity contribution in [2.75, 3.05) is 0 Å². The molecule has 0 saturated carbocycles. The molecule has 1 aromatic carbocycles. The van der Waals surface area contributed by atoms with Gasteiger partial charge in [0.05, 0.1) is 5.01 Å². The third kappa shape index (κ3) is 2.27. The SMILES string of the molecule is O=Cc1ccc(F)cc1Cc1nccs1. The monoisotopic (exact) mass is 221 g/mol. The number of halogens is 1. The Labute approximate surface area is 90.4 Å². The lowest BCUT2D eigenvalue weighted by atomic mass is 10.1. The Hall–Kier alpha value is -1.55. The first-order chi connectivity index (χ1) is 7.29. The first-order valence-corrected chi connectivity index (χ1v) is 5.29. The molecule has 2 nitrogen and oxygen atoms in total. The Kier molecular flexibility index (Phi) is 2.87. The second-order valence-electron chi connectivity index (χ2n) is 3.06. The predicted octanol–water partition coefficient (Wildman–Crippen LogP) is 2.69. The van der Waals surface area contributed by atoms with Crippen molar-refractivity contribution in [1.82, 2.24) is 4.98 Å². The van der Waals surface area contributed by atoms with Crippen LogP contribution in [0.5, 0.6) is 0 Å². The van der Waals surface area contributed by atoms with Crippen molar-refractivity contribution < 1.29 is 9.18 Å². The van der Waals surface area contributed by atoms with Crippen LogP contribution in [0.25, 0.3) is 0 Å². The minimum Gasteiger partial charge on any atom is -0.298 e. The highest BCUT2D eigenvalue weighted by atomic mass is 32.1. The zero-order valence-electron chi connectivity index (χ0n) is 7.81. The van der Waals surface area contributed by atoms with E-state index in [1.54, 1.807) is 6.20 Å². The largest absolute Gasteiger partial charge is 0.298 e. The van der Waals surface area contributed by atoms with Gasteiger partial charge in [0.15, 0.2) is 0 Å². The van der Waals surface area contributed by atoms with Crippen molar-refractivity contribution in [2.24, 2.45) is 0 Å². The van der Waals surface area contributed by atoms with Crippen LogP contribution < -0.4 is 0 Å². The smallest absolute Gasteiger partial charge is 0.150 e. The Bertz CT molecular complexity index is 467. The molecule has 0 spiro atoms. The van der Waals surface area contributed by atoms with Gasteiger partial charge in [-0.15, -0.1) is 11.3 Å². The second kappa shape index (κ2) is 4.31. The van der Waals surface area contributed by atoms with Gasteiger partial charge < -0.3 is 0 Å². The van der Waals surface area contributed by atoms with Gasteiger partial charge in [0.2, 0.25) is 0 Å². The lowest BCUT2D eigenvalue weighted by Gasteiger charge is -2.02. The standard InChI is InChI=1S/C11H8FNOS/c12-10-2-1-8(7-14)9(5-10)6-11-13-3-4-15-11/h1-5,7H,6H2. The summed E-state index contributed by atoms with van der Waals surface area (Å²) in [5.41, 5.74) is 1.20. The quantitative estimate of drug-likeness (QED) is 0.746. The molecule has 4 heteroatoms. The Balaban J connectivity index is 2.34. The van der Waals surface area contributed by atoms with Crippen molar-refractivity contribution in [3.05, 3.63) is 51.7 Å². The maximum absolute atomic E-state index is 13.0. The summed E-state index contributed by atoms with van der Waals surface area (Å²) in [6, 6.07) is 4.16. The van der Waals surface area contributed by atoms with E-state index in [9.17, 15) is 9.18 Å². The number of nitrogens with zero attached hydrogens (tertiary/aromatic N) is 1. The van der Waals surface area contributed by atoms with Crippen molar-refractivity contribution in [1.29, 1.82) is 0 Å². The van der Waals surface area contributed by atoms with E-state index < -0.39 is 0 Å². The van der Waals surface area contributed by atoms with Gasteiger partial charge in [-0.3, -0.25) is 4.79 Å². The number of aromatic nitrogens is 1. The molecule has 0 atom stereocenters. The zero-order valence-corrected chi connectivity index (χ0v) is 8.63. The normalized spacial score (nSPS) is 10.2. The van der Waals surface area contributed by atoms with Crippen molar-refractivity contribution in [3.63, 3.8) is 0 Å². The highest BCUT2D eigenvalue weighted by Crippen LogP contribution is 2.16. The van der Waals surface area contributed by atoms with E-state index in [1.807, 2.05) is 5.38 Å². The summed E-state index contributed by atoms with van der Waals surface area (Å²) in [6.45, 7) is 0. The maximum Gasteiger partial charge on any atom is 0.150 e. The molecule has 1 heterocycles. The minimum absolute atomic E-state index is 0.327. The lowest BCUT2D eigenvalue weighted by Crippen LogP contribution is -1.95. The van der Waals surface area contributed by atoms with Crippen molar-refractivity contribution in [2.45, 2.75) is 6.42 Å². The van der Waals surface area contributed by atoms with E-state index in [1.165, 1.54) is 29.5 Å². The average Bonchev–Trinajstić information content (AvgIpc) is 2.71. The molecule has 15 heavy (non-hydrogen) atoms. The van der Waals surface area contributed by atoms with Crippen LogP contribution in [0.15, 0.2) is 29.8 Å². The molecule has 0 saturated heterocycles. The third-order valence-electron chi connectivity index (χ3n) is 2.06. The predicted molar refractivity (Wildman–Crippen MR) is 56.7 cm³/mol. The molecule has 0 amide bonds. The highest BCUT2D eigenvalue weighted by Gasteiger charge is 2.05. The molecule has 0 aliphatic carbocycles. The van der Waals surface area contributed by atoms with Crippen LogP contribution in [0.2, 0.25) is 0 Å². The molecule has 2 aromatic rings. The van der Waals surface area contributed by atoms with E-state index in [0.717, 1.165) is 11.3 Å². The maximum atomic E-state index is 13.0. The molecule has 76 valence electrons. The molecule has 0 aliphatic heterocycles. The first kappa shape index (κ1) is 9.98. The molecular weight excluding hydrogens is 213 g/mol. The number of rotatable bonds is 3. The topological polar surface area (TPSA) is 30.0 Å². The summed E-state index contributed by atoms with van der Waals surface area (Å²) in [5, 5.41) is 2.73. The van der Waals surface area contributed by atoms with Crippen LogP contribution in [0, 0.1) is 5.82 Å². The summed E-state index contributed by atoms with van der Waals surface area (Å²) in [4.78, 5) is 14.8. The van der Waals surface area contributed by atoms with E-state index in [0.29, 0.717) is 17.5 Å². The molecule has 0 unspecified atom stereocenters. The Morgan fingerprint density at radius 2 is 2.33 bits per heavy atom. The van der Waals surface area contributed by atoms with Crippen molar-refractivity contribution >= 4 is 17.6 Å². The number of hydrogen-bond donors (Lipinski definition) is 0. The van der Waals surface area contributed by atoms with Crippen LogP contribution >= 0.6 is 11.3 Å². The van der Waals surface area contributed by atoms with E-state index in [4.69, 9.17) is 0 Å². The van der Waals surface area contributed by atoms with Gasteiger partial charge in [-0.25, -0.2) is 9.37 Å². The average molecular weight is 221 g/mol. The van der Waals surface area contributed by atoms with Gasteiger partial charge in [-0.1, -0.05) is 0 Å². The zero-order chi connectivity index (χ0) is 10.7. The van der Waals surface area contributed by atoms with Crippen LogP contribution in [-0.4, -0.2) is 11.3 Å².